The molecule has 1 aromatic carbocycles. The average molecular weight is 281 g/mol. The lowest BCUT2D eigenvalue weighted by molar-refractivity contribution is 0.415. The zero-order valence-electron chi connectivity index (χ0n) is 10.8. The van der Waals surface area contributed by atoms with Crippen molar-refractivity contribution in [3.05, 3.63) is 41.9 Å². The van der Waals surface area contributed by atoms with Gasteiger partial charge in [0.15, 0.2) is 5.82 Å². The van der Waals surface area contributed by atoms with Crippen molar-refractivity contribution in [3.63, 3.8) is 0 Å². The summed E-state index contributed by atoms with van der Waals surface area (Å²) < 4.78 is 5.25. The van der Waals surface area contributed by atoms with Crippen molar-refractivity contribution in [1.82, 2.24) is 15.0 Å². The molecule has 0 bridgehead atoms. The van der Waals surface area contributed by atoms with Crippen LogP contribution in [0.5, 0.6) is 5.75 Å². The fourth-order valence-corrected chi connectivity index (χ4v) is 3.10. The van der Waals surface area contributed by atoms with E-state index >= 15 is 0 Å². The molecule has 0 spiro atoms. The molecule has 0 unspecified atom stereocenters. The van der Waals surface area contributed by atoms with E-state index in [1.807, 2.05) is 30.5 Å². The van der Waals surface area contributed by atoms with Crippen LogP contribution in [-0.2, 0) is 0 Å². The largest absolute Gasteiger partial charge is 0.497 e. The van der Waals surface area contributed by atoms with Gasteiger partial charge in [0, 0.05) is 10.9 Å². The minimum Gasteiger partial charge on any atom is -0.497 e. The maximum Gasteiger partial charge on any atom is 0.160 e. The third-order valence-corrected chi connectivity index (χ3v) is 4.12. The summed E-state index contributed by atoms with van der Waals surface area (Å²) in [5.74, 6) is 1.52. The summed E-state index contributed by atoms with van der Waals surface area (Å²) in [5, 5.41) is 3.21. The van der Waals surface area contributed by atoms with Crippen LogP contribution in [0.1, 0.15) is 0 Å². The van der Waals surface area contributed by atoms with Crippen LogP contribution in [0.2, 0.25) is 0 Å². The topological polar surface area (TPSA) is 50.8 Å². The highest BCUT2D eigenvalue weighted by molar-refractivity contribution is 7.17. The molecule has 0 saturated heterocycles. The van der Waals surface area contributed by atoms with Crippen LogP contribution in [0.25, 0.3) is 32.6 Å². The van der Waals surface area contributed by atoms with Crippen LogP contribution in [0.3, 0.4) is 0 Å². The van der Waals surface area contributed by atoms with Crippen LogP contribution < -0.4 is 4.74 Å². The number of fused-ring (bicyclic) bond motifs is 3. The molecule has 4 nitrogen and oxygen atoms in total. The van der Waals surface area contributed by atoms with Crippen molar-refractivity contribution < 1.29 is 4.74 Å². The second-order valence-electron chi connectivity index (χ2n) is 4.48. The fraction of sp³-hybridized carbons (Fsp3) is 0.0667. The van der Waals surface area contributed by atoms with Gasteiger partial charge >= 0.3 is 0 Å². The smallest absolute Gasteiger partial charge is 0.160 e. The van der Waals surface area contributed by atoms with Crippen molar-refractivity contribution >= 4 is 32.6 Å². The maximum atomic E-state index is 5.25. The minimum absolute atomic E-state index is 0.712. The van der Waals surface area contributed by atoms with Crippen molar-refractivity contribution in [1.29, 1.82) is 0 Å². The van der Waals surface area contributed by atoms with E-state index in [4.69, 9.17) is 4.74 Å². The molecule has 3 aromatic heterocycles. The number of nitrogens with one attached hydrogen (secondary N) is 1. The summed E-state index contributed by atoms with van der Waals surface area (Å²) in [7, 11) is 1.66. The third-order valence-electron chi connectivity index (χ3n) is 3.29. The van der Waals surface area contributed by atoms with E-state index in [-0.39, 0.29) is 0 Å². The Hall–Kier alpha value is -2.40. The normalized spacial score (nSPS) is 11.2. The van der Waals surface area contributed by atoms with E-state index in [0.717, 1.165) is 32.6 Å². The summed E-state index contributed by atoms with van der Waals surface area (Å²) in [6, 6.07) is 9.87. The molecular weight excluding hydrogens is 270 g/mol. The molecule has 0 aliphatic rings. The second kappa shape index (κ2) is 4.31. The Labute approximate surface area is 119 Å². The Morgan fingerprint density at radius 2 is 2.20 bits per heavy atom. The zero-order chi connectivity index (χ0) is 13.5. The van der Waals surface area contributed by atoms with E-state index < -0.39 is 0 Å². The standard InChI is InChI=1S/C15H11N3OS/c1-19-10-4-2-3-9(7-10)14-16-8-12-13(18-14)11-5-6-20-15(11)17-12/h2-8,17H,1H3. The third kappa shape index (κ3) is 1.67. The Morgan fingerprint density at radius 1 is 1.25 bits per heavy atom. The van der Waals surface area contributed by atoms with Crippen molar-refractivity contribution in [2.24, 2.45) is 0 Å². The number of thiophene rings is 1. The van der Waals surface area contributed by atoms with Crippen molar-refractivity contribution in [3.8, 4) is 17.1 Å². The SMILES string of the molecule is COc1cccc(-c2ncc3[nH]c4sccc4c3n2)c1. The molecular formula is C15H11N3OS. The number of benzene rings is 1. The van der Waals surface area contributed by atoms with Crippen LogP contribution >= 0.6 is 11.3 Å². The lowest BCUT2D eigenvalue weighted by Crippen LogP contribution is -1.90. The first-order valence-electron chi connectivity index (χ1n) is 6.21. The van der Waals surface area contributed by atoms with Crippen molar-refractivity contribution in [2.75, 3.05) is 7.11 Å². The number of H-pyrrole nitrogens is 1. The molecule has 98 valence electrons. The van der Waals surface area contributed by atoms with Crippen molar-refractivity contribution in [2.45, 2.75) is 0 Å². The molecule has 0 saturated carbocycles. The van der Waals surface area contributed by atoms with Gasteiger partial charge in [0.1, 0.15) is 16.1 Å². The summed E-state index contributed by atoms with van der Waals surface area (Å²) in [4.78, 5) is 13.6. The molecule has 0 amide bonds. The number of ether oxygens (including phenoxy) is 1. The van der Waals surface area contributed by atoms with Gasteiger partial charge in [0.25, 0.3) is 0 Å². The van der Waals surface area contributed by atoms with Gasteiger partial charge in [-0.25, -0.2) is 9.97 Å². The van der Waals surface area contributed by atoms with Crippen LogP contribution in [0.15, 0.2) is 41.9 Å². The quantitative estimate of drug-likeness (QED) is 0.607. The van der Waals surface area contributed by atoms with Gasteiger partial charge in [-0.3, -0.25) is 0 Å². The summed E-state index contributed by atoms with van der Waals surface area (Å²) in [6.45, 7) is 0. The van der Waals surface area contributed by atoms with E-state index in [2.05, 4.69) is 26.4 Å². The van der Waals surface area contributed by atoms with E-state index in [1.54, 1.807) is 18.4 Å². The molecule has 20 heavy (non-hydrogen) atoms. The number of aromatic nitrogens is 3. The van der Waals surface area contributed by atoms with E-state index in [9.17, 15) is 0 Å². The van der Waals surface area contributed by atoms with Gasteiger partial charge in [-0.2, -0.15) is 0 Å². The molecule has 0 aliphatic carbocycles. The Morgan fingerprint density at radius 3 is 3.10 bits per heavy atom. The molecule has 3 heterocycles. The maximum absolute atomic E-state index is 5.25. The van der Waals surface area contributed by atoms with E-state index in [1.165, 1.54) is 0 Å². The predicted octanol–water partition coefficient (Wildman–Crippen LogP) is 3.85. The monoisotopic (exact) mass is 281 g/mol. The number of hydrogen-bond acceptors (Lipinski definition) is 4. The molecule has 5 heteroatoms. The zero-order valence-corrected chi connectivity index (χ0v) is 11.6. The first-order valence-corrected chi connectivity index (χ1v) is 7.09. The summed E-state index contributed by atoms with van der Waals surface area (Å²) >= 11 is 1.68. The van der Waals surface area contributed by atoms with E-state index in [0.29, 0.717) is 5.82 Å². The Kier molecular flexibility index (Phi) is 2.47. The minimum atomic E-state index is 0.712. The van der Waals surface area contributed by atoms with Crippen LogP contribution in [0.4, 0.5) is 0 Å². The second-order valence-corrected chi connectivity index (χ2v) is 5.39. The summed E-state index contributed by atoms with van der Waals surface area (Å²) in [5.41, 5.74) is 2.89. The molecule has 0 aliphatic heterocycles. The fourth-order valence-electron chi connectivity index (χ4n) is 2.29. The Balaban J connectivity index is 1.94. The molecule has 1 N–H and O–H groups in total. The summed E-state index contributed by atoms with van der Waals surface area (Å²) in [6.07, 6.45) is 1.84. The van der Waals surface area contributed by atoms with Gasteiger partial charge in [-0.1, -0.05) is 12.1 Å². The highest BCUT2D eigenvalue weighted by Gasteiger charge is 2.10. The first kappa shape index (κ1) is 11.4. The molecule has 4 aromatic rings. The van der Waals surface area contributed by atoms with Crippen LogP contribution in [0, 0.1) is 0 Å². The predicted molar refractivity (Wildman–Crippen MR) is 81.3 cm³/mol. The van der Waals surface area contributed by atoms with Gasteiger partial charge in [0.2, 0.25) is 0 Å². The average Bonchev–Trinajstić information content (AvgIpc) is 3.07. The van der Waals surface area contributed by atoms with Gasteiger partial charge < -0.3 is 9.72 Å². The van der Waals surface area contributed by atoms with Gasteiger partial charge in [0.05, 0.1) is 18.8 Å². The molecule has 0 atom stereocenters. The lowest BCUT2D eigenvalue weighted by Gasteiger charge is -2.03. The molecule has 4 rings (SSSR count). The van der Waals surface area contributed by atoms with Gasteiger partial charge in [-0.15, -0.1) is 11.3 Å². The number of rotatable bonds is 2. The van der Waals surface area contributed by atoms with Gasteiger partial charge in [-0.05, 0) is 23.6 Å². The molecule has 0 fully saturated rings. The highest BCUT2D eigenvalue weighted by Crippen LogP contribution is 2.29. The number of methoxy groups -OCH3 is 1. The van der Waals surface area contributed by atoms with Crippen LogP contribution in [-0.4, -0.2) is 22.1 Å². The number of hydrogen-bond donors (Lipinski definition) is 1. The molecule has 0 radical (unpaired) electrons. The Bertz CT molecular complexity index is 910. The lowest BCUT2D eigenvalue weighted by atomic mass is 10.2. The number of nitrogens with zero attached hydrogens (tertiary/aromatic N) is 2. The first-order chi connectivity index (χ1) is 9.85. The number of aromatic amines is 1. The highest BCUT2D eigenvalue weighted by atomic mass is 32.1.